The van der Waals surface area contributed by atoms with Crippen molar-refractivity contribution in [2.45, 2.75) is 19.3 Å². The first-order chi connectivity index (χ1) is 10.7. The van der Waals surface area contributed by atoms with Gasteiger partial charge in [0.1, 0.15) is 0 Å². The highest BCUT2D eigenvalue weighted by Gasteiger charge is 2.26. The van der Waals surface area contributed by atoms with Crippen molar-refractivity contribution < 1.29 is 9.18 Å². The Morgan fingerprint density at radius 1 is 1.27 bits per heavy atom. The zero-order valence-electron chi connectivity index (χ0n) is 12.7. The van der Waals surface area contributed by atoms with E-state index in [1.165, 1.54) is 6.07 Å². The number of hydrogen-bond donors (Lipinski definition) is 0. The van der Waals surface area contributed by atoms with Crippen LogP contribution in [0, 0.1) is 11.7 Å². The lowest BCUT2D eigenvalue weighted by atomic mass is 9.93. The maximum atomic E-state index is 13.8. The molecule has 3 rings (SSSR count). The van der Waals surface area contributed by atoms with Gasteiger partial charge in [0.15, 0.2) is 11.6 Å². The van der Waals surface area contributed by atoms with E-state index >= 15 is 0 Å². The number of amides is 1. The summed E-state index contributed by atoms with van der Waals surface area (Å²) in [7, 11) is 0. The van der Waals surface area contributed by atoms with Crippen LogP contribution < -0.4 is 4.90 Å². The van der Waals surface area contributed by atoms with Gasteiger partial charge in [-0.05, 0) is 30.9 Å². The molecule has 0 spiro atoms. The van der Waals surface area contributed by atoms with Gasteiger partial charge in [0, 0.05) is 50.3 Å². The molecule has 0 atom stereocenters. The van der Waals surface area contributed by atoms with Crippen LogP contribution in [0.2, 0.25) is 0 Å². The number of nitrogens with zero attached hydrogens (tertiary/aromatic N) is 3. The Balaban J connectivity index is 1.49. The lowest BCUT2D eigenvalue weighted by Gasteiger charge is -2.34. The molecule has 0 saturated carbocycles. The van der Waals surface area contributed by atoms with Gasteiger partial charge in [-0.2, -0.15) is 11.8 Å². The van der Waals surface area contributed by atoms with Gasteiger partial charge >= 0.3 is 0 Å². The van der Waals surface area contributed by atoms with Crippen LogP contribution >= 0.6 is 11.8 Å². The molecule has 0 aromatic carbocycles. The number of anilines is 1. The smallest absolute Gasteiger partial charge is 0.222 e. The molecule has 120 valence electrons. The first-order valence-electron chi connectivity index (χ1n) is 7.95. The lowest BCUT2D eigenvalue weighted by molar-refractivity contribution is -0.132. The molecular formula is C16H22FN3OS. The van der Waals surface area contributed by atoms with Gasteiger partial charge < -0.3 is 9.80 Å². The van der Waals surface area contributed by atoms with Crippen LogP contribution in [0.25, 0.3) is 0 Å². The van der Waals surface area contributed by atoms with Crippen LogP contribution in [0.3, 0.4) is 0 Å². The summed E-state index contributed by atoms with van der Waals surface area (Å²) < 4.78 is 13.8. The van der Waals surface area contributed by atoms with E-state index in [-0.39, 0.29) is 5.82 Å². The molecule has 2 fully saturated rings. The monoisotopic (exact) mass is 323 g/mol. The van der Waals surface area contributed by atoms with E-state index in [2.05, 4.69) is 4.98 Å². The van der Waals surface area contributed by atoms with Crippen LogP contribution in [0.5, 0.6) is 0 Å². The van der Waals surface area contributed by atoms with Crippen molar-refractivity contribution in [1.82, 2.24) is 9.88 Å². The Bertz CT molecular complexity index is 514. The summed E-state index contributed by atoms with van der Waals surface area (Å²) in [5, 5.41) is 0. The summed E-state index contributed by atoms with van der Waals surface area (Å²) in [6.45, 7) is 3.34. The van der Waals surface area contributed by atoms with E-state index in [0.717, 1.165) is 50.5 Å². The summed E-state index contributed by atoms with van der Waals surface area (Å²) in [5.74, 6) is 3.02. The third kappa shape index (κ3) is 3.72. The number of thioether (sulfide) groups is 1. The third-order valence-electron chi connectivity index (χ3n) is 4.48. The van der Waals surface area contributed by atoms with Crippen LogP contribution in [-0.2, 0) is 4.79 Å². The molecule has 6 heteroatoms. The predicted molar refractivity (Wildman–Crippen MR) is 87.7 cm³/mol. The summed E-state index contributed by atoms with van der Waals surface area (Å²) in [6.07, 6.45) is 4.14. The van der Waals surface area contributed by atoms with Crippen molar-refractivity contribution in [3.63, 3.8) is 0 Å². The minimum absolute atomic E-state index is 0.261. The second-order valence-electron chi connectivity index (χ2n) is 5.94. The standard InChI is InChI=1S/C16H22FN3OS/c17-14-2-1-5-18-16(14)20-6-3-13(4-7-20)12-15(21)19-8-10-22-11-9-19/h1-2,5,13H,3-4,6-12H2. The van der Waals surface area contributed by atoms with Crippen molar-refractivity contribution in [3.8, 4) is 0 Å². The zero-order valence-corrected chi connectivity index (χ0v) is 13.5. The topological polar surface area (TPSA) is 36.4 Å². The Morgan fingerprint density at radius 2 is 2.00 bits per heavy atom. The number of pyridine rings is 1. The highest BCUT2D eigenvalue weighted by molar-refractivity contribution is 7.99. The molecule has 2 saturated heterocycles. The highest BCUT2D eigenvalue weighted by Crippen LogP contribution is 2.26. The lowest BCUT2D eigenvalue weighted by Crippen LogP contribution is -2.41. The average molecular weight is 323 g/mol. The molecule has 0 unspecified atom stereocenters. The molecule has 22 heavy (non-hydrogen) atoms. The number of carbonyl (C=O) groups is 1. The van der Waals surface area contributed by atoms with Crippen LogP contribution in [0.1, 0.15) is 19.3 Å². The van der Waals surface area contributed by atoms with E-state index in [1.807, 2.05) is 21.6 Å². The van der Waals surface area contributed by atoms with Gasteiger partial charge in [0.25, 0.3) is 0 Å². The largest absolute Gasteiger partial charge is 0.354 e. The summed E-state index contributed by atoms with van der Waals surface area (Å²) in [4.78, 5) is 20.4. The Hall–Kier alpha value is -1.30. The first-order valence-corrected chi connectivity index (χ1v) is 9.10. The van der Waals surface area contributed by atoms with E-state index < -0.39 is 0 Å². The quantitative estimate of drug-likeness (QED) is 0.856. The Kier molecular flexibility index (Phi) is 5.18. The average Bonchev–Trinajstić information content (AvgIpc) is 2.57. The SMILES string of the molecule is O=C(CC1CCN(c2ncccc2F)CC1)N1CCSCC1. The van der Waals surface area contributed by atoms with E-state index in [1.54, 1.807) is 12.3 Å². The molecule has 2 aliphatic heterocycles. The second kappa shape index (κ2) is 7.31. The number of piperidine rings is 1. The normalized spacial score (nSPS) is 20.2. The minimum Gasteiger partial charge on any atom is -0.354 e. The second-order valence-corrected chi connectivity index (χ2v) is 7.16. The van der Waals surface area contributed by atoms with Crippen molar-refractivity contribution in [2.24, 2.45) is 5.92 Å². The molecule has 4 nitrogen and oxygen atoms in total. The van der Waals surface area contributed by atoms with Crippen molar-refractivity contribution in [1.29, 1.82) is 0 Å². The summed E-state index contributed by atoms with van der Waals surface area (Å²) in [5.41, 5.74) is 0. The summed E-state index contributed by atoms with van der Waals surface area (Å²) in [6, 6.07) is 3.06. The number of aromatic nitrogens is 1. The zero-order chi connectivity index (χ0) is 15.4. The van der Waals surface area contributed by atoms with E-state index in [0.29, 0.717) is 24.1 Å². The molecule has 2 aliphatic rings. The third-order valence-corrected chi connectivity index (χ3v) is 5.42. The van der Waals surface area contributed by atoms with Gasteiger partial charge in [-0.3, -0.25) is 4.79 Å². The highest BCUT2D eigenvalue weighted by atomic mass is 32.2. The number of hydrogen-bond acceptors (Lipinski definition) is 4. The molecule has 0 bridgehead atoms. The fourth-order valence-electron chi connectivity index (χ4n) is 3.15. The van der Waals surface area contributed by atoms with Crippen LogP contribution in [0.4, 0.5) is 10.2 Å². The molecule has 3 heterocycles. The molecule has 1 amide bonds. The van der Waals surface area contributed by atoms with Gasteiger partial charge in [-0.15, -0.1) is 0 Å². The van der Waals surface area contributed by atoms with Crippen molar-refractivity contribution in [3.05, 3.63) is 24.1 Å². The van der Waals surface area contributed by atoms with E-state index in [4.69, 9.17) is 0 Å². The fourth-order valence-corrected chi connectivity index (χ4v) is 4.05. The number of rotatable bonds is 3. The predicted octanol–water partition coefficient (Wildman–Crippen LogP) is 2.40. The molecule has 1 aromatic heterocycles. The first kappa shape index (κ1) is 15.6. The maximum absolute atomic E-state index is 13.8. The van der Waals surface area contributed by atoms with Gasteiger partial charge in [0.2, 0.25) is 5.91 Å². The molecule has 0 N–H and O–H groups in total. The van der Waals surface area contributed by atoms with Crippen molar-refractivity contribution >= 4 is 23.5 Å². The van der Waals surface area contributed by atoms with Gasteiger partial charge in [0.05, 0.1) is 0 Å². The van der Waals surface area contributed by atoms with E-state index in [9.17, 15) is 9.18 Å². The van der Waals surface area contributed by atoms with Crippen LogP contribution in [0.15, 0.2) is 18.3 Å². The molecule has 0 radical (unpaired) electrons. The van der Waals surface area contributed by atoms with Gasteiger partial charge in [-0.1, -0.05) is 0 Å². The number of halogens is 1. The molecule has 0 aliphatic carbocycles. The molecular weight excluding hydrogens is 301 g/mol. The van der Waals surface area contributed by atoms with Crippen LogP contribution in [-0.4, -0.2) is 53.5 Å². The maximum Gasteiger partial charge on any atom is 0.222 e. The van der Waals surface area contributed by atoms with Crippen molar-refractivity contribution in [2.75, 3.05) is 42.6 Å². The summed E-state index contributed by atoms with van der Waals surface area (Å²) >= 11 is 1.92. The Morgan fingerprint density at radius 3 is 2.68 bits per heavy atom. The molecule has 1 aromatic rings. The fraction of sp³-hybridized carbons (Fsp3) is 0.625. The minimum atomic E-state index is -0.261. The van der Waals surface area contributed by atoms with Gasteiger partial charge in [-0.25, -0.2) is 9.37 Å². The number of carbonyl (C=O) groups excluding carboxylic acids is 1. The Labute approximate surface area is 135 Å².